The molecule has 7 nitrogen and oxygen atoms in total. The molecule has 0 saturated carbocycles. The van der Waals surface area contributed by atoms with Gasteiger partial charge in [0.05, 0.1) is 10.6 Å². The van der Waals surface area contributed by atoms with Crippen molar-refractivity contribution in [3.8, 4) is 22.6 Å². The second-order valence-electron chi connectivity index (χ2n) is 7.04. The van der Waals surface area contributed by atoms with E-state index in [4.69, 9.17) is 4.52 Å². The van der Waals surface area contributed by atoms with E-state index in [1.54, 1.807) is 0 Å². The molecule has 31 heavy (non-hydrogen) atoms. The maximum Gasteiger partial charge on any atom is 0.227 e. The number of nitrogens with one attached hydrogen (secondary N) is 1. The Balaban J connectivity index is 1.40. The zero-order valence-electron chi connectivity index (χ0n) is 17.1. The second kappa shape index (κ2) is 9.01. The van der Waals surface area contributed by atoms with Gasteiger partial charge in [-0.25, -0.2) is 4.98 Å². The van der Waals surface area contributed by atoms with Crippen molar-refractivity contribution in [2.24, 2.45) is 0 Å². The van der Waals surface area contributed by atoms with Crippen molar-refractivity contribution < 1.29 is 14.1 Å². The SMILES string of the molecule is CC(=O)c1sc(NC(=O)CCc2nc(-c3ccc(C)cc3)no2)nc1-c1ccccc1. The predicted octanol–water partition coefficient (Wildman–Crippen LogP) is 4.94. The van der Waals surface area contributed by atoms with Crippen LogP contribution < -0.4 is 5.32 Å². The number of ketones is 1. The van der Waals surface area contributed by atoms with E-state index in [0.717, 1.165) is 16.7 Å². The summed E-state index contributed by atoms with van der Waals surface area (Å²) in [5, 5.41) is 7.14. The standard InChI is InChI=1S/C23H20N4O3S/c1-14-8-10-17(11-9-14)22-25-19(30-27-22)13-12-18(29)24-23-26-20(21(31-23)15(2)28)16-6-4-3-5-7-16/h3-11H,12-13H2,1-2H3,(H,24,26,29). The lowest BCUT2D eigenvalue weighted by molar-refractivity contribution is -0.116. The number of Topliss-reactive ketones (excluding diaryl/α,β-unsaturated/α-hetero) is 1. The Labute approximate surface area is 183 Å². The van der Waals surface area contributed by atoms with Gasteiger partial charge in [-0.15, -0.1) is 0 Å². The fourth-order valence-corrected chi connectivity index (χ4v) is 3.88. The van der Waals surface area contributed by atoms with Gasteiger partial charge in [-0.1, -0.05) is 76.7 Å². The number of aryl methyl sites for hydroxylation is 2. The highest BCUT2D eigenvalue weighted by Gasteiger charge is 2.18. The van der Waals surface area contributed by atoms with Gasteiger partial charge in [0, 0.05) is 30.9 Å². The third-order valence-corrected chi connectivity index (χ3v) is 5.66. The van der Waals surface area contributed by atoms with Crippen molar-refractivity contribution in [1.82, 2.24) is 15.1 Å². The first-order valence-corrected chi connectivity index (χ1v) is 10.6. The molecule has 0 bridgehead atoms. The minimum absolute atomic E-state index is 0.0913. The lowest BCUT2D eigenvalue weighted by Crippen LogP contribution is -2.12. The molecule has 0 atom stereocenters. The molecular weight excluding hydrogens is 412 g/mol. The van der Waals surface area contributed by atoms with Crippen LogP contribution in [0.2, 0.25) is 0 Å². The van der Waals surface area contributed by atoms with Crippen molar-refractivity contribution in [2.75, 3.05) is 5.32 Å². The minimum atomic E-state index is -0.237. The first-order valence-electron chi connectivity index (χ1n) is 9.76. The molecular formula is C23H20N4O3S. The van der Waals surface area contributed by atoms with Crippen LogP contribution in [0.4, 0.5) is 5.13 Å². The van der Waals surface area contributed by atoms with E-state index < -0.39 is 0 Å². The fourth-order valence-electron chi connectivity index (χ4n) is 2.98. The zero-order valence-corrected chi connectivity index (χ0v) is 17.9. The Morgan fingerprint density at radius 1 is 1.00 bits per heavy atom. The van der Waals surface area contributed by atoms with Crippen LogP contribution in [0.1, 0.15) is 34.5 Å². The number of benzene rings is 2. The van der Waals surface area contributed by atoms with Crippen molar-refractivity contribution in [1.29, 1.82) is 0 Å². The van der Waals surface area contributed by atoms with Gasteiger partial charge in [0.25, 0.3) is 0 Å². The number of nitrogens with zero attached hydrogens (tertiary/aromatic N) is 3. The molecule has 0 saturated heterocycles. The highest BCUT2D eigenvalue weighted by Crippen LogP contribution is 2.31. The summed E-state index contributed by atoms with van der Waals surface area (Å²) in [4.78, 5) is 33.8. The molecule has 0 aliphatic carbocycles. The van der Waals surface area contributed by atoms with E-state index in [1.807, 2.05) is 61.5 Å². The number of anilines is 1. The molecule has 1 amide bonds. The summed E-state index contributed by atoms with van der Waals surface area (Å²) in [5.74, 6) is 0.554. The lowest BCUT2D eigenvalue weighted by atomic mass is 10.1. The Bertz CT molecular complexity index is 1210. The van der Waals surface area contributed by atoms with Crippen molar-refractivity contribution in [3.05, 3.63) is 70.9 Å². The van der Waals surface area contributed by atoms with Gasteiger partial charge in [0.2, 0.25) is 17.6 Å². The number of amides is 1. The highest BCUT2D eigenvalue weighted by atomic mass is 32.1. The summed E-state index contributed by atoms with van der Waals surface area (Å²) in [6.07, 6.45) is 0.465. The molecule has 0 spiro atoms. The number of hydrogen-bond acceptors (Lipinski definition) is 7. The van der Waals surface area contributed by atoms with Gasteiger partial charge in [0.15, 0.2) is 10.9 Å². The predicted molar refractivity (Wildman–Crippen MR) is 119 cm³/mol. The van der Waals surface area contributed by atoms with Gasteiger partial charge < -0.3 is 9.84 Å². The van der Waals surface area contributed by atoms with Crippen LogP contribution >= 0.6 is 11.3 Å². The molecule has 0 aliphatic rings. The molecule has 2 aromatic carbocycles. The van der Waals surface area contributed by atoms with Crippen LogP contribution in [-0.4, -0.2) is 26.8 Å². The summed E-state index contributed by atoms with van der Waals surface area (Å²) >= 11 is 1.17. The smallest absolute Gasteiger partial charge is 0.227 e. The van der Waals surface area contributed by atoms with Gasteiger partial charge in [-0.3, -0.25) is 9.59 Å². The number of carbonyl (C=O) groups excluding carboxylic acids is 2. The van der Waals surface area contributed by atoms with E-state index in [-0.39, 0.29) is 18.1 Å². The summed E-state index contributed by atoms with van der Waals surface area (Å²) in [7, 11) is 0. The molecule has 4 rings (SSSR count). The molecule has 4 aromatic rings. The Hall–Kier alpha value is -3.65. The molecule has 0 fully saturated rings. The molecule has 0 unspecified atom stereocenters. The molecule has 2 aromatic heterocycles. The van der Waals surface area contributed by atoms with Crippen LogP contribution in [0.25, 0.3) is 22.6 Å². The lowest BCUT2D eigenvalue weighted by Gasteiger charge is -1.99. The first-order chi connectivity index (χ1) is 15.0. The van der Waals surface area contributed by atoms with E-state index in [0.29, 0.717) is 33.8 Å². The molecule has 156 valence electrons. The monoisotopic (exact) mass is 432 g/mol. The average molecular weight is 433 g/mol. The zero-order chi connectivity index (χ0) is 21.8. The van der Waals surface area contributed by atoms with E-state index in [2.05, 4.69) is 20.4 Å². The number of rotatable bonds is 7. The van der Waals surface area contributed by atoms with Crippen LogP contribution in [-0.2, 0) is 11.2 Å². The Kier molecular flexibility index (Phi) is 5.99. The molecule has 2 heterocycles. The second-order valence-corrected chi connectivity index (χ2v) is 8.04. The topological polar surface area (TPSA) is 98.0 Å². The van der Waals surface area contributed by atoms with Gasteiger partial charge in [-0.05, 0) is 6.92 Å². The summed E-state index contributed by atoms with van der Waals surface area (Å²) in [6.45, 7) is 3.50. The first kappa shape index (κ1) is 20.6. The summed E-state index contributed by atoms with van der Waals surface area (Å²) in [6, 6.07) is 17.2. The van der Waals surface area contributed by atoms with Gasteiger partial charge in [0.1, 0.15) is 0 Å². The molecule has 8 heteroatoms. The molecule has 0 aliphatic heterocycles. The highest BCUT2D eigenvalue weighted by molar-refractivity contribution is 7.18. The van der Waals surface area contributed by atoms with E-state index in [9.17, 15) is 9.59 Å². The minimum Gasteiger partial charge on any atom is -0.339 e. The fraction of sp³-hybridized carbons (Fsp3) is 0.174. The van der Waals surface area contributed by atoms with Gasteiger partial charge >= 0.3 is 0 Å². The Morgan fingerprint density at radius 2 is 1.74 bits per heavy atom. The van der Waals surface area contributed by atoms with Crippen molar-refractivity contribution >= 4 is 28.2 Å². The number of hydrogen-bond donors (Lipinski definition) is 1. The van der Waals surface area contributed by atoms with Crippen molar-refractivity contribution in [2.45, 2.75) is 26.7 Å². The van der Waals surface area contributed by atoms with Crippen molar-refractivity contribution in [3.63, 3.8) is 0 Å². The third kappa shape index (κ3) is 4.92. The molecule has 0 radical (unpaired) electrons. The van der Waals surface area contributed by atoms with Crippen LogP contribution in [0, 0.1) is 6.92 Å². The van der Waals surface area contributed by atoms with E-state index >= 15 is 0 Å². The average Bonchev–Trinajstić information content (AvgIpc) is 3.41. The number of thiazole rings is 1. The normalized spacial score (nSPS) is 10.8. The number of aromatic nitrogens is 3. The summed E-state index contributed by atoms with van der Waals surface area (Å²) < 4.78 is 5.26. The molecule has 1 N–H and O–H groups in total. The van der Waals surface area contributed by atoms with E-state index in [1.165, 1.54) is 18.3 Å². The largest absolute Gasteiger partial charge is 0.339 e. The summed E-state index contributed by atoms with van der Waals surface area (Å²) in [5.41, 5.74) is 3.42. The quantitative estimate of drug-likeness (QED) is 0.415. The number of carbonyl (C=O) groups is 2. The third-order valence-electron chi connectivity index (χ3n) is 4.58. The van der Waals surface area contributed by atoms with Crippen LogP contribution in [0.15, 0.2) is 59.1 Å². The maximum absolute atomic E-state index is 12.4. The van der Waals surface area contributed by atoms with Crippen LogP contribution in [0.3, 0.4) is 0 Å². The van der Waals surface area contributed by atoms with Crippen LogP contribution in [0.5, 0.6) is 0 Å². The Morgan fingerprint density at radius 3 is 2.45 bits per heavy atom. The maximum atomic E-state index is 12.4. The van der Waals surface area contributed by atoms with Gasteiger partial charge in [-0.2, -0.15) is 4.98 Å².